The fourth-order valence-corrected chi connectivity index (χ4v) is 2.21. The van der Waals surface area contributed by atoms with Gasteiger partial charge in [-0.05, 0) is 36.2 Å². The van der Waals surface area contributed by atoms with Gasteiger partial charge in [0.1, 0.15) is 0 Å². The molecule has 2 N–H and O–H groups in total. The number of fused-ring (bicyclic) bond motifs is 1. The minimum absolute atomic E-state index is 0.554. The number of nitrogens with one attached hydrogen (secondary N) is 2. The number of hydrogen-bond donors (Lipinski definition) is 2. The van der Waals surface area contributed by atoms with Crippen LogP contribution >= 0.6 is 11.6 Å². The summed E-state index contributed by atoms with van der Waals surface area (Å²) in [7, 11) is 0. The van der Waals surface area contributed by atoms with E-state index in [-0.39, 0.29) is 0 Å². The molecule has 0 fully saturated rings. The smallest absolute Gasteiger partial charge is 0.0409 e. The summed E-state index contributed by atoms with van der Waals surface area (Å²) in [6.07, 6.45) is 1.10. The summed E-state index contributed by atoms with van der Waals surface area (Å²) in [5.74, 6) is 0. The monoisotopic (exact) mass is 224 g/mol. The summed E-state index contributed by atoms with van der Waals surface area (Å²) >= 11 is 5.96. The first-order chi connectivity index (χ1) is 7.29. The summed E-state index contributed by atoms with van der Waals surface area (Å²) in [6, 6.07) is 6.75. The lowest BCUT2D eigenvalue weighted by Gasteiger charge is -2.26. The van der Waals surface area contributed by atoms with Gasteiger partial charge < -0.3 is 10.6 Å². The molecule has 2 nitrogen and oxygen atoms in total. The summed E-state index contributed by atoms with van der Waals surface area (Å²) in [4.78, 5) is 0. The van der Waals surface area contributed by atoms with Gasteiger partial charge >= 0.3 is 0 Å². The van der Waals surface area contributed by atoms with Crippen molar-refractivity contribution in [2.24, 2.45) is 0 Å². The van der Waals surface area contributed by atoms with E-state index in [2.05, 4.69) is 29.7 Å². The zero-order chi connectivity index (χ0) is 10.7. The highest BCUT2D eigenvalue weighted by Crippen LogP contribution is 2.20. The van der Waals surface area contributed by atoms with E-state index in [0.29, 0.717) is 6.04 Å². The third-order valence-corrected chi connectivity index (χ3v) is 3.09. The number of likely N-dealkylation sites (N-methyl/N-ethyl adjacent to an activating group) is 1. The molecule has 0 aromatic heterocycles. The Hall–Kier alpha value is -0.570. The first-order valence-corrected chi connectivity index (χ1v) is 5.89. The summed E-state index contributed by atoms with van der Waals surface area (Å²) in [5.41, 5.74) is 2.77. The van der Waals surface area contributed by atoms with E-state index in [0.717, 1.165) is 31.1 Å². The number of rotatable bonds is 3. The van der Waals surface area contributed by atoms with Crippen molar-refractivity contribution in [2.75, 3.05) is 13.1 Å². The zero-order valence-corrected chi connectivity index (χ0v) is 9.77. The van der Waals surface area contributed by atoms with Crippen LogP contribution in [0.1, 0.15) is 18.1 Å². The van der Waals surface area contributed by atoms with Gasteiger partial charge in [0, 0.05) is 24.2 Å². The molecule has 1 unspecified atom stereocenters. The summed E-state index contributed by atoms with van der Waals surface area (Å²) in [5, 5.41) is 7.72. The zero-order valence-electron chi connectivity index (χ0n) is 9.02. The topological polar surface area (TPSA) is 24.1 Å². The average Bonchev–Trinajstić information content (AvgIpc) is 2.26. The highest BCUT2D eigenvalue weighted by atomic mass is 35.5. The van der Waals surface area contributed by atoms with E-state index < -0.39 is 0 Å². The van der Waals surface area contributed by atoms with Crippen LogP contribution in [0.25, 0.3) is 0 Å². The molecule has 0 spiro atoms. The predicted molar refractivity (Wildman–Crippen MR) is 64.3 cm³/mol. The molecule has 0 radical (unpaired) electrons. The maximum atomic E-state index is 5.96. The van der Waals surface area contributed by atoms with Crippen LogP contribution in [0, 0.1) is 0 Å². The maximum absolute atomic E-state index is 5.96. The van der Waals surface area contributed by atoms with Gasteiger partial charge in [0.15, 0.2) is 0 Å². The first kappa shape index (κ1) is 10.9. The van der Waals surface area contributed by atoms with Crippen molar-refractivity contribution < 1.29 is 0 Å². The Labute approximate surface area is 96.0 Å². The molecule has 1 aliphatic rings. The second kappa shape index (κ2) is 4.97. The van der Waals surface area contributed by atoms with E-state index in [1.165, 1.54) is 11.1 Å². The third kappa shape index (κ3) is 2.71. The second-order valence-electron chi connectivity index (χ2n) is 4.00. The Kier molecular flexibility index (Phi) is 3.62. The van der Waals surface area contributed by atoms with Crippen LogP contribution in [0.5, 0.6) is 0 Å². The molecule has 15 heavy (non-hydrogen) atoms. The van der Waals surface area contributed by atoms with E-state index in [1.807, 2.05) is 6.07 Å². The molecular formula is C12H17ClN2. The van der Waals surface area contributed by atoms with Crippen LogP contribution in [0.4, 0.5) is 0 Å². The molecule has 1 atom stereocenters. The quantitative estimate of drug-likeness (QED) is 0.821. The normalized spacial score (nSPS) is 20.0. The van der Waals surface area contributed by atoms with Gasteiger partial charge in [-0.3, -0.25) is 0 Å². The fraction of sp³-hybridized carbons (Fsp3) is 0.500. The van der Waals surface area contributed by atoms with Crippen molar-refractivity contribution in [3.63, 3.8) is 0 Å². The molecule has 0 bridgehead atoms. The van der Waals surface area contributed by atoms with E-state index >= 15 is 0 Å². The molecule has 82 valence electrons. The van der Waals surface area contributed by atoms with Crippen molar-refractivity contribution >= 4 is 11.6 Å². The van der Waals surface area contributed by atoms with Crippen LogP contribution in [-0.2, 0) is 13.0 Å². The molecule has 1 aromatic carbocycles. The van der Waals surface area contributed by atoms with Gasteiger partial charge in [-0.15, -0.1) is 0 Å². The van der Waals surface area contributed by atoms with Crippen LogP contribution in [0.2, 0.25) is 5.02 Å². The first-order valence-electron chi connectivity index (χ1n) is 5.51. The predicted octanol–water partition coefficient (Wildman–Crippen LogP) is 1.96. The average molecular weight is 225 g/mol. The number of halogens is 1. The number of benzene rings is 1. The Morgan fingerprint density at radius 1 is 1.47 bits per heavy atom. The molecule has 3 heteroatoms. The van der Waals surface area contributed by atoms with E-state index in [1.54, 1.807) is 0 Å². The molecule has 1 aliphatic heterocycles. The van der Waals surface area contributed by atoms with Crippen molar-refractivity contribution in [1.82, 2.24) is 10.6 Å². The van der Waals surface area contributed by atoms with Crippen molar-refractivity contribution in [3.05, 3.63) is 34.3 Å². The Bertz CT molecular complexity index is 338. The maximum Gasteiger partial charge on any atom is 0.0409 e. The van der Waals surface area contributed by atoms with Gasteiger partial charge in [-0.25, -0.2) is 0 Å². The molecule has 0 saturated heterocycles. The lowest BCUT2D eigenvalue weighted by atomic mass is 9.96. The second-order valence-corrected chi connectivity index (χ2v) is 4.44. The van der Waals surface area contributed by atoms with Crippen LogP contribution < -0.4 is 10.6 Å². The minimum Gasteiger partial charge on any atom is -0.315 e. The molecule has 1 aromatic rings. The Morgan fingerprint density at radius 2 is 2.33 bits per heavy atom. The third-order valence-electron chi connectivity index (χ3n) is 2.86. The summed E-state index contributed by atoms with van der Waals surface area (Å²) in [6.45, 7) is 5.15. The van der Waals surface area contributed by atoms with Gasteiger partial charge in [0.2, 0.25) is 0 Å². The SMILES string of the molecule is CCNCC1Cc2ccc(Cl)cc2CN1. The van der Waals surface area contributed by atoms with Crippen LogP contribution in [0.15, 0.2) is 18.2 Å². The van der Waals surface area contributed by atoms with Gasteiger partial charge in [0.05, 0.1) is 0 Å². The highest BCUT2D eigenvalue weighted by Gasteiger charge is 2.17. The molecular weight excluding hydrogens is 208 g/mol. The van der Waals surface area contributed by atoms with Gasteiger partial charge in [-0.1, -0.05) is 24.6 Å². The fourth-order valence-electron chi connectivity index (χ4n) is 2.01. The van der Waals surface area contributed by atoms with Crippen LogP contribution in [0.3, 0.4) is 0 Å². The van der Waals surface area contributed by atoms with E-state index in [4.69, 9.17) is 11.6 Å². The Morgan fingerprint density at radius 3 is 3.13 bits per heavy atom. The highest BCUT2D eigenvalue weighted by molar-refractivity contribution is 6.30. The minimum atomic E-state index is 0.554. The molecule has 0 amide bonds. The molecule has 0 saturated carbocycles. The molecule has 0 aliphatic carbocycles. The van der Waals surface area contributed by atoms with Crippen molar-refractivity contribution in [2.45, 2.75) is 25.9 Å². The lowest BCUT2D eigenvalue weighted by molar-refractivity contribution is 0.453. The van der Waals surface area contributed by atoms with Crippen molar-refractivity contribution in [3.8, 4) is 0 Å². The van der Waals surface area contributed by atoms with E-state index in [9.17, 15) is 0 Å². The van der Waals surface area contributed by atoms with Gasteiger partial charge in [-0.2, -0.15) is 0 Å². The lowest BCUT2D eigenvalue weighted by Crippen LogP contribution is -2.42. The number of hydrogen-bond acceptors (Lipinski definition) is 2. The van der Waals surface area contributed by atoms with Gasteiger partial charge in [0.25, 0.3) is 0 Å². The molecule has 2 rings (SSSR count). The van der Waals surface area contributed by atoms with Crippen LogP contribution in [-0.4, -0.2) is 19.1 Å². The standard InChI is InChI=1S/C12H17ClN2/c1-2-14-8-12-6-9-3-4-11(13)5-10(9)7-15-12/h3-5,12,14-15H,2,6-8H2,1H3. The summed E-state index contributed by atoms with van der Waals surface area (Å²) < 4.78 is 0. The van der Waals surface area contributed by atoms with Crippen molar-refractivity contribution in [1.29, 1.82) is 0 Å². The largest absolute Gasteiger partial charge is 0.315 e. The molecule has 1 heterocycles. The Balaban J connectivity index is 2.03.